The molecule has 1 N–H and O–H groups in total. The van der Waals surface area contributed by atoms with Crippen molar-refractivity contribution in [2.75, 3.05) is 24.7 Å². The highest BCUT2D eigenvalue weighted by Crippen LogP contribution is 2.44. The number of carboxylic acids is 1. The van der Waals surface area contributed by atoms with Crippen molar-refractivity contribution in [3.8, 4) is 5.75 Å². The minimum atomic E-state index is -3.87. The van der Waals surface area contributed by atoms with Crippen LogP contribution in [0.25, 0.3) is 0 Å². The molecule has 1 fully saturated rings. The summed E-state index contributed by atoms with van der Waals surface area (Å²) in [5.74, 6) is -2.84. The molecule has 1 aromatic rings. The maximum absolute atomic E-state index is 13.7. The Labute approximate surface area is 193 Å². The molecule has 1 atom stereocenters. The minimum absolute atomic E-state index is 0.0763. The number of anilines is 1. The molecule has 1 aliphatic heterocycles. The van der Waals surface area contributed by atoms with Gasteiger partial charge in [-0.25, -0.2) is 13.2 Å². The minimum Gasteiger partial charge on any atom is -0.476 e. The van der Waals surface area contributed by atoms with Gasteiger partial charge in [-0.2, -0.15) is 8.70 Å². The number of nitrogens with zero attached hydrogens (tertiary/aromatic N) is 2. The molecule has 32 heavy (non-hydrogen) atoms. The average Bonchev–Trinajstić information content (AvgIpc) is 3.22. The molecule has 1 heterocycles. The third-order valence-electron chi connectivity index (χ3n) is 6.28. The topological polar surface area (TPSA) is 87.1 Å². The zero-order valence-electron chi connectivity index (χ0n) is 19.1. The van der Waals surface area contributed by atoms with E-state index in [1.165, 1.54) is 22.1 Å². The molecule has 1 aromatic carbocycles. The van der Waals surface area contributed by atoms with Gasteiger partial charge in [0.1, 0.15) is 16.9 Å². The Morgan fingerprint density at radius 2 is 1.91 bits per heavy atom. The summed E-state index contributed by atoms with van der Waals surface area (Å²) < 4.78 is 47.7. The smallest absolute Gasteiger partial charge is 0.368 e. The number of hydrogen-bond acceptors (Lipinski definition) is 6. The highest BCUT2D eigenvalue weighted by atomic mass is 32.2. The van der Waals surface area contributed by atoms with Crippen LogP contribution in [-0.4, -0.2) is 55.2 Å². The van der Waals surface area contributed by atoms with E-state index in [0.29, 0.717) is 23.4 Å². The summed E-state index contributed by atoms with van der Waals surface area (Å²) in [5.41, 5.74) is 0.226. The fourth-order valence-electron chi connectivity index (χ4n) is 4.52. The van der Waals surface area contributed by atoms with Crippen molar-refractivity contribution in [1.29, 1.82) is 0 Å². The first-order valence-corrected chi connectivity index (χ1v) is 13.3. The number of halogens is 1. The molecular weight excluding hydrogens is 455 g/mol. The van der Waals surface area contributed by atoms with Crippen LogP contribution in [0.4, 0.5) is 10.1 Å². The molecular formula is C22H31FN2O5S2. The van der Waals surface area contributed by atoms with E-state index in [2.05, 4.69) is 25.7 Å². The van der Waals surface area contributed by atoms with Gasteiger partial charge in [-0.3, -0.25) is 0 Å². The third-order valence-corrected chi connectivity index (χ3v) is 8.95. The van der Waals surface area contributed by atoms with Crippen LogP contribution in [0.15, 0.2) is 34.0 Å². The summed E-state index contributed by atoms with van der Waals surface area (Å²) in [4.78, 5) is 13.6. The second kappa shape index (κ2) is 9.23. The molecule has 3 rings (SSSR count). The Bertz CT molecular complexity index is 1010. The first kappa shape index (κ1) is 24.9. The Balaban J connectivity index is 2.19. The summed E-state index contributed by atoms with van der Waals surface area (Å²) in [5, 5.41) is 8.75. The van der Waals surface area contributed by atoms with Crippen molar-refractivity contribution in [3.05, 3.63) is 24.2 Å². The van der Waals surface area contributed by atoms with Gasteiger partial charge in [0.05, 0.1) is 10.6 Å². The molecule has 178 valence electrons. The number of thioether (sulfide) groups is 1. The normalized spacial score (nSPS) is 22.5. The van der Waals surface area contributed by atoms with Crippen LogP contribution in [-0.2, 0) is 14.8 Å². The Morgan fingerprint density at radius 3 is 2.44 bits per heavy atom. The largest absolute Gasteiger partial charge is 0.476 e. The molecule has 1 saturated carbocycles. The quantitative estimate of drug-likeness (QED) is 0.373. The Morgan fingerprint density at radius 1 is 1.28 bits per heavy atom. The molecule has 7 nitrogen and oxygen atoms in total. The number of likely N-dealkylation sites (N-methyl/N-ethyl adjacent to an activating group) is 1. The number of carboxylic acid groups (broad SMARTS) is 1. The zero-order valence-corrected chi connectivity index (χ0v) is 20.7. The van der Waals surface area contributed by atoms with Crippen molar-refractivity contribution in [1.82, 2.24) is 4.31 Å². The molecule has 1 aliphatic carbocycles. The van der Waals surface area contributed by atoms with E-state index >= 15 is 0 Å². The Hall–Kier alpha value is -1.78. The molecule has 0 aromatic heterocycles. The lowest BCUT2D eigenvalue weighted by Gasteiger charge is -2.41. The summed E-state index contributed by atoms with van der Waals surface area (Å²) in [6.45, 7) is 6.72. The van der Waals surface area contributed by atoms with E-state index in [4.69, 9.17) is 9.84 Å². The molecule has 0 unspecified atom stereocenters. The number of aliphatic carboxylic acids is 1. The number of hydrogen-bond donors (Lipinski definition) is 1. The van der Waals surface area contributed by atoms with E-state index in [1.807, 2.05) is 0 Å². The number of benzene rings is 1. The average molecular weight is 487 g/mol. The van der Waals surface area contributed by atoms with Crippen molar-refractivity contribution >= 4 is 33.4 Å². The molecule has 0 bridgehead atoms. The first-order valence-electron chi connectivity index (χ1n) is 10.6. The second-order valence-corrected chi connectivity index (χ2v) is 12.1. The van der Waals surface area contributed by atoms with E-state index in [1.54, 1.807) is 19.4 Å². The number of ether oxygens (including phenoxy) is 1. The second-order valence-electron chi connectivity index (χ2n) is 9.27. The summed E-state index contributed by atoms with van der Waals surface area (Å²) >= 11 is 1.32. The summed E-state index contributed by atoms with van der Waals surface area (Å²) in [7, 11) is -2.24. The lowest BCUT2D eigenvalue weighted by atomic mass is 9.95. The maximum Gasteiger partial charge on any atom is 0.368 e. The van der Waals surface area contributed by atoms with E-state index in [-0.39, 0.29) is 28.1 Å². The number of carbonyl (C=O) groups is 1. The van der Waals surface area contributed by atoms with E-state index in [0.717, 1.165) is 25.7 Å². The SMILES string of the molecule is CSc1cc2c(cc1O/C=C(\F)C(=O)O)S(=O)(=O)N(C)[C@H](C1CCCC1)CN2C(C)(C)C. The lowest BCUT2D eigenvalue weighted by Crippen LogP contribution is -2.51. The van der Waals surface area contributed by atoms with Gasteiger partial charge in [-0.05, 0) is 51.9 Å². The molecule has 0 radical (unpaired) electrons. The molecule has 0 spiro atoms. The fourth-order valence-corrected chi connectivity index (χ4v) is 6.66. The predicted molar refractivity (Wildman–Crippen MR) is 123 cm³/mol. The zero-order chi connectivity index (χ0) is 23.8. The molecule has 0 amide bonds. The third kappa shape index (κ3) is 4.77. The summed E-state index contributed by atoms with van der Waals surface area (Å²) in [6.07, 6.45) is 6.50. The van der Waals surface area contributed by atoms with Gasteiger partial charge in [0.2, 0.25) is 15.9 Å². The van der Waals surface area contributed by atoms with Gasteiger partial charge in [0, 0.05) is 31.2 Å². The Kier molecular flexibility index (Phi) is 7.17. The maximum atomic E-state index is 13.7. The van der Waals surface area contributed by atoms with Gasteiger partial charge < -0.3 is 14.7 Å². The van der Waals surface area contributed by atoms with Crippen LogP contribution >= 0.6 is 11.8 Å². The van der Waals surface area contributed by atoms with Crippen LogP contribution in [0.2, 0.25) is 0 Å². The monoisotopic (exact) mass is 486 g/mol. The number of rotatable bonds is 5. The van der Waals surface area contributed by atoms with Crippen molar-refractivity contribution in [2.24, 2.45) is 5.92 Å². The van der Waals surface area contributed by atoms with Gasteiger partial charge in [-0.1, -0.05) is 12.8 Å². The first-order chi connectivity index (χ1) is 14.9. The van der Waals surface area contributed by atoms with Gasteiger partial charge >= 0.3 is 5.97 Å². The molecule has 2 aliphatic rings. The van der Waals surface area contributed by atoms with Crippen LogP contribution in [0, 0.1) is 5.92 Å². The molecule has 10 heteroatoms. The predicted octanol–water partition coefficient (Wildman–Crippen LogP) is 4.48. The highest BCUT2D eigenvalue weighted by molar-refractivity contribution is 7.98. The highest BCUT2D eigenvalue weighted by Gasteiger charge is 2.43. The number of fused-ring (bicyclic) bond motifs is 1. The van der Waals surface area contributed by atoms with Gasteiger partial charge in [0.15, 0.2) is 0 Å². The van der Waals surface area contributed by atoms with Crippen molar-refractivity contribution in [2.45, 2.75) is 67.8 Å². The van der Waals surface area contributed by atoms with Crippen molar-refractivity contribution in [3.63, 3.8) is 0 Å². The van der Waals surface area contributed by atoms with E-state index in [9.17, 15) is 17.6 Å². The summed E-state index contributed by atoms with van der Waals surface area (Å²) in [6, 6.07) is 2.96. The van der Waals surface area contributed by atoms with Crippen molar-refractivity contribution < 1.29 is 27.4 Å². The van der Waals surface area contributed by atoms with Crippen LogP contribution in [0.3, 0.4) is 0 Å². The van der Waals surface area contributed by atoms with Gasteiger partial charge in [0.25, 0.3) is 0 Å². The molecule has 0 saturated heterocycles. The van der Waals surface area contributed by atoms with Crippen LogP contribution in [0.1, 0.15) is 46.5 Å². The van der Waals surface area contributed by atoms with Gasteiger partial charge in [-0.15, -0.1) is 11.8 Å². The number of sulfonamides is 1. The fraction of sp³-hybridized carbons (Fsp3) is 0.591. The van der Waals surface area contributed by atoms with Crippen LogP contribution < -0.4 is 9.64 Å². The standard InChI is InChI=1S/C22H31FN2O5S2/c1-22(2,3)25-12-17(14-8-6-7-9-14)24(4)32(28,29)20-11-18(19(31-5)10-16(20)25)30-13-15(23)21(26)27/h10-11,13-14,17H,6-9,12H2,1-5H3,(H,26,27)/b15-13-/t17-/m0/s1. The van der Waals surface area contributed by atoms with Crippen LogP contribution in [0.5, 0.6) is 5.75 Å². The van der Waals surface area contributed by atoms with E-state index < -0.39 is 21.8 Å². The lowest BCUT2D eigenvalue weighted by molar-refractivity contribution is -0.134.